The Kier molecular flexibility index (Phi) is 9.75. The predicted molar refractivity (Wildman–Crippen MR) is 160 cm³/mol. The summed E-state index contributed by atoms with van der Waals surface area (Å²) in [6, 6.07) is 19.2. The molecule has 1 aliphatic heterocycles. The molecule has 1 aliphatic rings. The van der Waals surface area contributed by atoms with Gasteiger partial charge in [0.2, 0.25) is 17.7 Å². The van der Waals surface area contributed by atoms with Gasteiger partial charge in [-0.3, -0.25) is 9.59 Å². The Labute approximate surface area is 252 Å². The molecule has 0 fully saturated rings. The summed E-state index contributed by atoms with van der Waals surface area (Å²) in [5.74, 6) is -0.792. The molecule has 11 nitrogen and oxygen atoms in total. The standard InChI is InChI=1S/C32H41N5O6/c1-31(2,3)43-30(41)33-32(4,5)29(40)36(22-42-21-24-14-10-7-11-15-24)20-27(38)35-17-16-26-25(19-35)28(39)37(34-26)18-23-12-8-6-9-13-23/h6-15,39H,16-22H2,1-5H3,(H,33,41). The number of fused-ring (bicyclic) bond motifs is 1. The van der Waals surface area contributed by atoms with E-state index in [9.17, 15) is 19.5 Å². The van der Waals surface area contributed by atoms with Crippen molar-refractivity contribution >= 4 is 17.9 Å². The van der Waals surface area contributed by atoms with Gasteiger partial charge in [-0.05, 0) is 45.7 Å². The molecule has 0 radical (unpaired) electrons. The Morgan fingerprint density at radius 3 is 2.23 bits per heavy atom. The van der Waals surface area contributed by atoms with Crippen molar-refractivity contribution < 1.29 is 29.0 Å². The van der Waals surface area contributed by atoms with Crippen LogP contribution in [0.1, 0.15) is 57.0 Å². The fourth-order valence-electron chi connectivity index (χ4n) is 4.79. The first-order valence-corrected chi connectivity index (χ1v) is 14.3. The average molecular weight is 592 g/mol. The van der Waals surface area contributed by atoms with Gasteiger partial charge in [0.15, 0.2) is 0 Å². The maximum atomic E-state index is 13.7. The lowest BCUT2D eigenvalue weighted by molar-refractivity contribution is -0.150. The highest BCUT2D eigenvalue weighted by Crippen LogP contribution is 2.28. The van der Waals surface area contributed by atoms with Crippen LogP contribution in [0.25, 0.3) is 0 Å². The Morgan fingerprint density at radius 2 is 1.60 bits per heavy atom. The van der Waals surface area contributed by atoms with Crippen molar-refractivity contribution in [2.24, 2.45) is 0 Å². The van der Waals surface area contributed by atoms with E-state index in [4.69, 9.17) is 9.47 Å². The number of hydrogen-bond donors (Lipinski definition) is 2. The first-order chi connectivity index (χ1) is 20.3. The van der Waals surface area contributed by atoms with Crippen molar-refractivity contribution in [3.8, 4) is 5.88 Å². The van der Waals surface area contributed by atoms with E-state index in [0.29, 0.717) is 25.1 Å². The van der Waals surface area contributed by atoms with Crippen LogP contribution in [0.3, 0.4) is 0 Å². The summed E-state index contributed by atoms with van der Waals surface area (Å²) in [4.78, 5) is 42.6. The smallest absolute Gasteiger partial charge is 0.408 e. The Morgan fingerprint density at radius 1 is 0.977 bits per heavy atom. The molecule has 11 heteroatoms. The van der Waals surface area contributed by atoms with Crippen molar-refractivity contribution in [2.75, 3.05) is 19.8 Å². The summed E-state index contributed by atoms with van der Waals surface area (Å²) >= 11 is 0. The fourth-order valence-corrected chi connectivity index (χ4v) is 4.79. The first-order valence-electron chi connectivity index (χ1n) is 14.3. The highest BCUT2D eigenvalue weighted by Gasteiger charge is 2.37. The Hall–Kier alpha value is -4.38. The van der Waals surface area contributed by atoms with Crippen molar-refractivity contribution in [3.63, 3.8) is 0 Å². The molecule has 2 heterocycles. The second kappa shape index (κ2) is 13.3. The molecule has 0 saturated carbocycles. The Bertz CT molecular complexity index is 1420. The zero-order valence-corrected chi connectivity index (χ0v) is 25.5. The van der Waals surface area contributed by atoms with Gasteiger partial charge < -0.3 is 29.7 Å². The van der Waals surface area contributed by atoms with Gasteiger partial charge >= 0.3 is 6.09 Å². The minimum absolute atomic E-state index is 0.0261. The summed E-state index contributed by atoms with van der Waals surface area (Å²) in [6.45, 7) is 9.07. The van der Waals surface area contributed by atoms with Crippen LogP contribution >= 0.6 is 0 Å². The zero-order chi connectivity index (χ0) is 31.2. The molecule has 2 aromatic carbocycles. The third kappa shape index (κ3) is 8.57. The van der Waals surface area contributed by atoms with Crippen LogP contribution in [0.15, 0.2) is 60.7 Å². The van der Waals surface area contributed by atoms with Crippen LogP contribution in [0.5, 0.6) is 5.88 Å². The van der Waals surface area contributed by atoms with Crippen molar-refractivity contribution in [1.29, 1.82) is 0 Å². The highest BCUT2D eigenvalue weighted by atomic mass is 16.6. The molecule has 43 heavy (non-hydrogen) atoms. The molecule has 0 saturated heterocycles. The van der Waals surface area contributed by atoms with Crippen molar-refractivity contribution in [1.82, 2.24) is 24.9 Å². The second-order valence-corrected chi connectivity index (χ2v) is 12.2. The number of aromatic hydroxyl groups is 1. The van der Waals surface area contributed by atoms with Gasteiger partial charge in [0.1, 0.15) is 24.4 Å². The largest absolute Gasteiger partial charge is 0.493 e. The lowest BCUT2D eigenvalue weighted by Gasteiger charge is -2.34. The summed E-state index contributed by atoms with van der Waals surface area (Å²) in [5.41, 5.74) is 1.13. The van der Waals surface area contributed by atoms with Gasteiger partial charge in [0, 0.05) is 13.0 Å². The van der Waals surface area contributed by atoms with Gasteiger partial charge in [-0.2, -0.15) is 5.10 Å². The van der Waals surface area contributed by atoms with Gasteiger partial charge in [0.25, 0.3) is 0 Å². The van der Waals surface area contributed by atoms with Gasteiger partial charge in [0.05, 0.1) is 31.0 Å². The third-order valence-corrected chi connectivity index (χ3v) is 6.92. The summed E-state index contributed by atoms with van der Waals surface area (Å²) in [7, 11) is 0. The van der Waals surface area contributed by atoms with E-state index in [2.05, 4.69) is 10.4 Å². The van der Waals surface area contributed by atoms with Crippen LogP contribution in [-0.2, 0) is 45.2 Å². The third-order valence-electron chi connectivity index (χ3n) is 6.92. The number of carbonyl (C=O) groups is 3. The summed E-state index contributed by atoms with van der Waals surface area (Å²) in [5, 5.41) is 18.1. The number of ether oxygens (including phenoxy) is 2. The number of benzene rings is 2. The van der Waals surface area contributed by atoms with Crippen LogP contribution in [0, 0.1) is 0 Å². The number of hydrogen-bond acceptors (Lipinski definition) is 7. The topological polar surface area (TPSA) is 126 Å². The lowest BCUT2D eigenvalue weighted by Crippen LogP contribution is -2.58. The van der Waals surface area contributed by atoms with Crippen LogP contribution < -0.4 is 5.32 Å². The molecule has 2 N–H and O–H groups in total. The van der Waals surface area contributed by atoms with E-state index in [1.807, 2.05) is 60.7 Å². The molecule has 1 aromatic heterocycles. The normalized spacial score (nSPS) is 13.3. The molecule has 0 bridgehead atoms. The number of amides is 3. The molecular weight excluding hydrogens is 550 g/mol. The fraction of sp³-hybridized carbons (Fsp3) is 0.438. The average Bonchev–Trinajstić information content (AvgIpc) is 3.25. The van der Waals surface area contributed by atoms with Crippen molar-refractivity contribution in [3.05, 3.63) is 83.0 Å². The highest BCUT2D eigenvalue weighted by molar-refractivity contribution is 5.92. The van der Waals surface area contributed by atoms with E-state index < -0.39 is 23.1 Å². The summed E-state index contributed by atoms with van der Waals surface area (Å²) in [6.07, 6.45) is -0.269. The molecule has 0 spiro atoms. The molecule has 0 unspecified atom stereocenters. The van der Waals surface area contributed by atoms with E-state index in [-0.39, 0.29) is 38.2 Å². The zero-order valence-electron chi connectivity index (χ0n) is 25.5. The number of carbonyl (C=O) groups excluding carboxylic acids is 3. The predicted octanol–water partition coefficient (Wildman–Crippen LogP) is 3.83. The molecule has 3 aromatic rings. The van der Waals surface area contributed by atoms with E-state index >= 15 is 0 Å². The number of rotatable bonds is 10. The van der Waals surface area contributed by atoms with Gasteiger partial charge in [-0.15, -0.1) is 0 Å². The first kappa shape index (κ1) is 31.6. The maximum absolute atomic E-state index is 13.7. The quantitative estimate of drug-likeness (QED) is 0.343. The summed E-state index contributed by atoms with van der Waals surface area (Å²) < 4.78 is 12.7. The monoisotopic (exact) mass is 591 g/mol. The lowest BCUT2D eigenvalue weighted by atomic mass is 10.0. The Balaban J connectivity index is 1.46. The van der Waals surface area contributed by atoms with Crippen LogP contribution in [0.2, 0.25) is 0 Å². The molecule has 0 aliphatic carbocycles. The number of nitrogens with one attached hydrogen (secondary N) is 1. The van der Waals surface area contributed by atoms with Crippen LogP contribution in [0.4, 0.5) is 4.79 Å². The number of nitrogens with zero attached hydrogens (tertiary/aromatic N) is 4. The minimum Gasteiger partial charge on any atom is -0.493 e. The SMILES string of the molecule is CC(C)(C)OC(=O)NC(C)(C)C(=O)N(COCc1ccccc1)CC(=O)N1CCc2nn(Cc3ccccc3)c(O)c2C1. The molecular formula is C32H41N5O6. The maximum Gasteiger partial charge on any atom is 0.408 e. The van der Waals surface area contributed by atoms with Gasteiger partial charge in [-0.1, -0.05) is 60.7 Å². The van der Waals surface area contributed by atoms with Gasteiger partial charge in [-0.25, -0.2) is 9.48 Å². The minimum atomic E-state index is -1.38. The molecule has 230 valence electrons. The number of aromatic nitrogens is 2. The second-order valence-electron chi connectivity index (χ2n) is 12.2. The van der Waals surface area contributed by atoms with Crippen LogP contribution in [-0.4, -0.2) is 73.6 Å². The van der Waals surface area contributed by atoms with Crippen molar-refractivity contribution in [2.45, 2.75) is 71.9 Å². The molecule has 3 amide bonds. The van der Waals surface area contributed by atoms with E-state index in [1.54, 1.807) is 44.2 Å². The molecule has 0 atom stereocenters. The van der Waals surface area contributed by atoms with E-state index in [0.717, 1.165) is 16.8 Å². The van der Waals surface area contributed by atoms with E-state index in [1.165, 1.54) is 4.90 Å². The molecule has 4 rings (SSSR count). The number of alkyl carbamates (subject to hydrolysis) is 1.